The van der Waals surface area contributed by atoms with Gasteiger partial charge in [-0.25, -0.2) is 9.59 Å². The van der Waals surface area contributed by atoms with Crippen LogP contribution in [0.2, 0.25) is 0 Å². The topological polar surface area (TPSA) is 105 Å². The Labute approximate surface area is 200 Å². The molecule has 1 aliphatic carbocycles. The van der Waals surface area contributed by atoms with E-state index >= 15 is 0 Å². The van der Waals surface area contributed by atoms with E-state index in [1.165, 1.54) is 0 Å². The van der Waals surface area contributed by atoms with E-state index in [9.17, 15) is 19.5 Å². The van der Waals surface area contributed by atoms with E-state index in [0.717, 1.165) is 35.1 Å². The van der Waals surface area contributed by atoms with Crippen molar-refractivity contribution >= 4 is 18.0 Å². The van der Waals surface area contributed by atoms with E-state index in [-0.39, 0.29) is 24.9 Å². The lowest BCUT2D eigenvalue weighted by Gasteiger charge is -2.21. The summed E-state index contributed by atoms with van der Waals surface area (Å²) in [7, 11) is 0. The number of hydrogen-bond acceptors (Lipinski definition) is 4. The van der Waals surface area contributed by atoms with Crippen LogP contribution in [-0.2, 0) is 14.3 Å². The minimum atomic E-state index is -1.04. The molecule has 0 heterocycles. The van der Waals surface area contributed by atoms with Crippen LogP contribution >= 0.6 is 0 Å². The monoisotopic (exact) mass is 466 g/mol. The van der Waals surface area contributed by atoms with Gasteiger partial charge in [-0.2, -0.15) is 0 Å². The molecule has 3 N–H and O–H groups in total. The maximum absolute atomic E-state index is 12.6. The summed E-state index contributed by atoms with van der Waals surface area (Å²) in [5.74, 6) is -1.47. The molecule has 2 amide bonds. The van der Waals surface area contributed by atoms with Gasteiger partial charge in [-0.15, -0.1) is 0 Å². The molecule has 2 aromatic rings. The number of fused-ring (bicyclic) bond motifs is 3. The van der Waals surface area contributed by atoms with Gasteiger partial charge in [-0.3, -0.25) is 4.79 Å². The highest BCUT2D eigenvalue weighted by Gasteiger charge is 2.29. The summed E-state index contributed by atoms with van der Waals surface area (Å²) < 4.78 is 5.59. The number of rotatable bonds is 12. The van der Waals surface area contributed by atoms with Crippen LogP contribution in [0.3, 0.4) is 0 Å². The minimum absolute atomic E-state index is 0.00788. The third-order valence-corrected chi connectivity index (χ3v) is 6.21. The first-order valence-electron chi connectivity index (χ1n) is 12.1. The van der Waals surface area contributed by atoms with Gasteiger partial charge in [-0.05, 0) is 35.1 Å². The van der Waals surface area contributed by atoms with Gasteiger partial charge in [-0.1, -0.05) is 81.6 Å². The van der Waals surface area contributed by atoms with Crippen molar-refractivity contribution < 1.29 is 24.2 Å². The molecular weight excluding hydrogens is 432 g/mol. The van der Waals surface area contributed by atoms with Crippen LogP contribution in [0.5, 0.6) is 0 Å². The largest absolute Gasteiger partial charge is 0.480 e. The van der Waals surface area contributed by atoms with Crippen LogP contribution in [0.25, 0.3) is 11.1 Å². The van der Waals surface area contributed by atoms with E-state index in [0.29, 0.717) is 19.3 Å². The van der Waals surface area contributed by atoms with Crippen molar-refractivity contribution in [3.8, 4) is 11.1 Å². The van der Waals surface area contributed by atoms with Gasteiger partial charge in [0.1, 0.15) is 12.6 Å². The summed E-state index contributed by atoms with van der Waals surface area (Å²) in [4.78, 5) is 36.5. The number of benzene rings is 2. The fraction of sp³-hybridized carbons (Fsp3) is 0.444. The molecule has 0 radical (unpaired) electrons. The van der Waals surface area contributed by atoms with Crippen molar-refractivity contribution in [3.05, 3.63) is 59.7 Å². The first-order chi connectivity index (χ1) is 16.4. The number of unbranched alkanes of at least 4 members (excludes halogenated alkanes) is 1. The minimum Gasteiger partial charge on any atom is -0.480 e. The maximum Gasteiger partial charge on any atom is 0.407 e. The molecule has 3 rings (SSSR count). The van der Waals surface area contributed by atoms with E-state index < -0.39 is 24.1 Å². The number of aliphatic carboxylic acids is 1. The Balaban J connectivity index is 1.57. The molecule has 34 heavy (non-hydrogen) atoms. The van der Waals surface area contributed by atoms with E-state index in [4.69, 9.17) is 4.74 Å². The standard InChI is InChI=1S/C27H34N2O5/c1-3-5-15-24(26(31)32)29-25(30)16-18(10-4-2)28-27(33)34-17-23-21-13-8-6-11-19(21)20-12-7-9-14-22(20)23/h6-9,11-14,18,23-24H,3-5,10,15-17H2,1-2H3,(H,28,33)(H,29,30)(H,31,32)/t18?,24-/m0/s1. The lowest BCUT2D eigenvalue weighted by Crippen LogP contribution is -2.45. The van der Waals surface area contributed by atoms with E-state index in [1.807, 2.05) is 38.1 Å². The quantitative estimate of drug-likeness (QED) is 0.415. The normalized spacial score (nSPS) is 13.9. The second-order valence-corrected chi connectivity index (χ2v) is 8.76. The highest BCUT2D eigenvalue weighted by molar-refractivity contribution is 5.84. The zero-order valence-electron chi connectivity index (χ0n) is 19.9. The zero-order valence-corrected chi connectivity index (χ0v) is 19.9. The number of carboxylic acids is 1. The Morgan fingerprint density at radius 1 is 0.912 bits per heavy atom. The summed E-state index contributed by atoms with van der Waals surface area (Å²) in [6.45, 7) is 4.13. The van der Waals surface area contributed by atoms with Crippen molar-refractivity contribution in [2.45, 2.75) is 70.4 Å². The molecule has 2 aromatic carbocycles. The lowest BCUT2D eigenvalue weighted by molar-refractivity contribution is -0.142. The van der Waals surface area contributed by atoms with Crippen LogP contribution in [0.4, 0.5) is 4.79 Å². The molecule has 0 saturated heterocycles. The molecule has 0 aliphatic heterocycles. The molecule has 2 atom stereocenters. The third kappa shape index (κ3) is 6.37. The maximum atomic E-state index is 12.6. The average molecular weight is 467 g/mol. The van der Waals surface area contributed by atoms with Crippen LogP contribution in [0, 0.1) is 0 Å². The van der Waals surface area contributed by atoms with E-state index in [1.54, 1.807) is 0 Å². The predicted octanol–water partition coefficient (Wildman–Crippen LogP) is 4.84. The van der Waals surface area contributed by atoms with Crippen molar-refractivity contribution in [2.24, 2.45) is 0 Å². The van der Waals surface area contributed by atoms with Crippen LogP contribution in [0.1, 0.15) is 69.4 Å². The number of amides is 2. The van der Waals surface area contributed by atoms with Gasteiger partial charge in [0.05, 0.1) is 0 Å². The molecule has 1 unspecified atom stereocenters. The molecule has 0 aromatic heterocycles. The smallest absolute Gasteiger partial charge is 0.407 e. The van der Waals surface area contributed by atoms with Crippen molar-refractivity contribution in [1.29, 1.82) is 0 Å². The number of carbonyl (C=O) groups excluding carboxylic acids is 2. The Hall–Kier alpha value is -3.35. The summed E-state index contributed by atoms with van der Waals surface area (Å²) >= 11 is 0. The molecular formula is C27H34N2O5. The second-order valence-electron chi connectivity index (χ2n) is 8.76. The first kappa shape index (κ1) is 25.3. The summed E-state index contributed by atoms with van der Waals surface area (Å²) in [6, 6.07) is 14.9. The third-order valence-electron chi connectivity index (χ3n) is 6.21. The van der Waals surface area contributed by atoms with Crippen molar-refractivity contribution in [2.75, 3.05) is 6.61 Å². The molecule has 0 bridgehead atoms. The predicted molar refractivity (Wildman–Crippen MR) is 131 cm³/mol. The van der Waals surface area contributed by atoms with Crippen molar-refractivity contribution in [3.63, 3.8) is 0 Å². The Bertz CT molecular complexity index is 961. The van der Waals surface area contributed by atoms with Crippen molar-refractivity contribution in [1.82, 2.24) is 10.6 Å². The summed E-state index contributed by atoms with van der Waals surface area (Å²) in [6.07, 6.45) is 2.73. The SMILES string of the molecule is CCCC[C@H](NC(=O)CC(CCC)NC(=O)OCC1c2ccccc2-c2ccccc21)C(=O)O. The fourth-order valence-corrected chi connectivity index (χ4v) is 4.52. The van der Waals surface area contributed by atoms with Gasteiger partial charge in [0.15, 0.2) is 0 Å². The molecule has 0 spiro atoms. The molecule has 182 valence electrons. The Morgan fingerprint density at radius 2 is 1.53 bits per heavy atom. The van der Waals surface area contributed by atoms with Crippen LogP contribution in [0.15, 0.2) is 48.5 Å². The summed E-state index contributed by atoms with van der Waals surface area (Å²) in [5.41, 5.74) is 4.58. The van der Waals surface area contributed by atoms with Crippen LogP contribution in [-0.4, -0.2) is 41.8 Å². The number of nitrogens with one attached hydrogen (secondary N) is 2. The zero-order chi connectivity index (χ0) is 24.5. The first-order valence-corrected chi connectivity index (χ1v) is 12.1. The highest BCUT2D eigenvalue weighted by atomic mass is 16.5. The Morgan fingerprint density at radius 3 is 2.09 bits per heavy atom. The van der Waals surface area contributed by atoms with Gasteiger partial charge < -0.3 is 20.5 Å². The molecule has 7 nitrogen and oxygen atoms in total. The molecule has 0 fully saturated rings. The van der Waals surface area contributed by atoms with Gasteiger partial charge >= 0.3 is 12.1 Å². The molecule has 1 aliphatic rings. The lowest BCUT2D eigenvalue weighted by atomic mass is 9.98. The van der Waals surface area contributed by atoms with Gasteiger partial charge in [0, 0.05) is 18.4 Å². The Kier molecular flexibility index (Phi) is 9.08. The molecule has 0 saturated carbocycles. The highest BCUT2D eigenvalue weighted by Crippen LogP contribution is 2.44. The number of alkyl carbamates (subject to hydrolysis) is 1. The average Bonchev–Trinajstić information content (AvgIpc) is 3.14. The number of carbonyl (C=O) groups is 3. The molecule has 7 heteroatoms. The number of ether oxygens (including phenoxy) is 1. The number of hydrogen-bond donors (Lipinski definition) is 3. The number of carboxylic acid groups (broad SMARTS) is 1. The van der Waals surface area contributed by atoms with E-state index in [2.05, 4.69) is 34.9 Å². The van der Waals surface area contributed by atoms with Gasteiger partial charge in [0.2, 0.25) is 5.91 Å². The van der Waals surface area contributed by atoms with Crippen LogP contribution < -0.4 is 10.6 Å². The summed E-state index contributed by atoms with van der Waals surface area (Å²) in [5, 5.41) is 14.7. The fourth-order valence-electron chi connectivity index (χ4n) is 4.52. The second kappa shape index (κ2) is 12.2. The van der Waals surface area contributed by atoms with Gasteiger partial charge in [0.25, 0.3) is 0 Å².